The number of ether oxygens (including phenoxy) is 1. The van der Waals surface area contributed by atoms with E-state index in [0.717, 1.165) is 36.0 Å². The molecular weight excluding hydrogens is 357 g/mol. The van der Waals surface area contributed by atoms with Crippen molar-refractivity contribution in [2.45, 2.75) is 83.6 Å². The zero-order valence-corrected chi connectivity index (χ0v) is 17.9. The normalized spacial score (nSPS) is 24.1. The van der Waals surface area contributed by atoms with E-state index in [9.17, 15) is 5.11 Å². The quantitative estimate of drug-likeness (QED) is 0.828. The lowest BCUT2D eigenvalue weighted by atomic mass is 9.92. The van der Waals surface area contributed by atoms with Gasteiger partial charge < -0.3 is 19.7 Å². The Kier molecular flexibility index (Phi) is 6.13. The van der Waals surface area contributed by atoms with Crippen LogP contribution < -0.4 is 5.32 Å². The van der Waals surface area contributed by atoms with E-state index in [1.807, 2.05) is 27.0 Å². The monoisotopic (exact) mass is 391 g/mol. The summed E-state index contributed by atoms with van der Waals surface area (Å²) in [6, 6.07) is 3.15. The molecule has 0 spiro atoms. The molecule has 6 heteroatoms. The van der Waals surface area contributed by atoms with Gasteiger partial charge in [-0.25, -0.2) is 9.37 Å². The number of nitrogens with one attached hydrogen (secondary N) is 1. The number of aromatic nitrogens is 2. The molecule has 0 bridgehead atoms. The van der Waals surface area contributed by atoms with Gasteiger partial charge in [0.15, 0.2) is 0 Å². The van der Waals surface area contributed by atoms with E-state index in [0.29, 0.717) is 5.69 Å². The van der Waals surface area contributed by atoms with Crippen LogP contribution in [0.4, 0.5) is 4.39 Å². The molecule has 0 amide bonds. The second kappa shape index (κ2) is 8.09. The summed E-state index contributed by atoms with van der Waals surface area (Å²) in [5, 5.41) is 14.1. The Morgan fingerprint density at radius 1 is 1.32 bits per heavy atom. The van der Waals surface area contributed by atoms with E-state index in [4.69, 9.17) is 9.72 Å². The molecule has 3 rings (SSSR count). The third kappa shape index (κ3) is 4.24. The maximum Gasteiger partial charge on any atom is 0.147 e. The first-order valence-corrected chi connectivity index (χ1v) is 10.3. The maximum absolute atomic E-state index is 15.0. The first-order valence-electron chi connectivity index (χ1n) is 10.3. The van der Waals surface area contributed by atoms with E-state index in [1.54, 1.807) is 6.07 Å². The van der Waals surface area contributed by atoms with Gasteiger partial charge in [0.25, 0.3) is 0 Å². The summed E-state index contributed by atoms with van der Waals surface area (Å²) in [5.74, 6) is -0.295. The molecular formula is C22H34FN3O2. The Bertz CT molecular complexity index is 825. The lowest BCUT2D eigenvalue weighted by Gasteiger charge is -2.28. The van der Waals surface area contributed by atoms with Crippen molar-refractivity contribution in [3.8, 4) is 0 Å². The Labute approximate surface area is 167 Å². The SMILES string of the molecule is CC(C)O[C@@H]1CCC[C@H](c2nc3c(cc2F)cc(C(C)(C)C)n3C)N[C@H]1CO. The van der Waals surface area contributed by atoms with Crippen LogP contribution in [0.25, 0.3) is 11.0 Å². The Morgan fingerprint density at radius 2 is 2.04 bits per heavy atom. The lowest BCUT2D eigenvalue weighted by molar-refractivity contribution is -0.0268. The number of aliphatic hydroxyl groups is 1. The molecule has 3 heterocycles. The van der Waals surface area contributed by atoms with Crippen LogP contribution in [0.3, 0.4) is 0 Å². The number of rotatable bonds is 4. The molecule has 156 valence electrons. The van der Waals surface area contributed by atoms with E-state index < -0.39 is 0 Å². The summed E-state index contributed by atoms with van der Waals surface area (Å²) >= 11 is 0. The molecule has 2 N–H and O–H groups in total. The molecule has 1 aliphatic rings. The largest absolute Gasteiger partial charge is 0.395 e. The van der Waals surface area contributed by atoms with Gasteiger partial charge in [0, 0.05) is 23.5 Å². The van der Waals surface area contributed by atoms with Crippen molar-refractivity contribution >= 4 is 11.0 Å². The summed E-state index contributed by atoms with van der Waals surface area (Å²) < 4.78 is 23.0. The molecule has 5 nitrogen and oxygen atoms in total. The Balaban J connectivity index is 1.96. The summed E-state index contributed by atoms with van der Waals surface area (Å²) in [6.07, 6.45) is 2.51. The van der Waals surface area contributed by atoms with Gasteiger partial charge in [0.1, 0.15) is 11.5 Å². The molecule has 1 fully saturated rings. The molecule has 3 atom stereocenters. The van der Waals surface area contributed by atoms with Crippen molar-refractivity contribution in [1.29, 1.82) is 0 Å². The predicted molar refractivity (Wildman–Crippen MR) is 110 cm³/mol. The summed E-state index contributed by atoms with van der Waals surface area (Å²) in [4.78, 5) is 4.73. The Morgan fingerprint density at radius 3 is 2.64 bits per heavy atom. The molecule has 0 aliphatic carbocycles. The summed E-state index contributed by atoms with van der Waals surface area (Å²) in [6.45, 7) is 10.4. The fraction of sp³-hybridized carbons (Fsp3) is 0.682. The van der Waals surface area contributed by atoms with Crippen molar-refractivity contribution in [1.82, 2.24) is 14.9 Å². The third-order valence-electron chi connectivity index (χ3n) is 5.57. The van der Waals surface area contributed by atoms with Crippen LogP contribution in [0.5, 0.6) is 0 Å². The highest BCUT2D eigenvalue weighted by Gasteiger charge is 2.31. The zero-order chi connectivity index (χ0) is 20.6. The van der Waals surface area contributed by atoms with Crippen LogP contribution >= 0.6 is 0 Å². The first-order chi connectivity index (χ1) is 13.1. The number of hydrogen-bond donors (Lipinski definition) is 2. The minimum absolute atomic E-state index is 0.0456. The van der Waals surface area contributed by atoms with Crippen molar-refractivity contribution in [3.05, 3.63) is 29.3 Å². The molecule has 0 saturated carbocycles. The van der Waals surface area contributed by atoms with Gasteiger partial charge in [-0.3, -0.25) is 0 Å². The first kappa shape index (κ1) is 21.2. The number of aryl methyl sites for hydroxylation is 1. The van der Waals surface area contributed by atoms with Crippen LogP contribution in [-0.4, -0.2) is 39.5 Å². The number of nitrogens with zero attached hydrogens (tertiary/aromatic N) is 2. The van der Waals surface area contributed by atoms with Crippen LogP contribution in [0.1, 0.15) is 71.3 Å². The summed E-state index contributed by atoms with van der Waals surface area (Å²) in [7, 11) is 1.99. The van der Waals surface area contributed by atoms with Crippen molar-refractivity contribution in [3.63, 3.8) is 0 Å². The minimum atomic E-state index is -0.295. The second-order valence-corrected chi connectivity index (χ2v) is 9.27. The topological polar surface area (TPSA) is 59.3 Å². The summed E-state index contributed by atoms with van der Waals surface area (Å²) in [5.41, 5.74) is 2.30. The van der Waals surface area contributed by atoms with Crippen molar-refractivity contribution in [2.75, 3.05) is 6.61 Å². The average Bonchev–Trinajstić information content (AvgIpc) is 2.79. The molecule has 28 heavy (non-hydrogen) atoms. The van der Waals surface area contributed by atoms with Crippen LogP contribution in [0, 0.1) is 5.82 Å². The van der Waals surface area contributed by atoms with Crippen LogP contribution in [-0.2, 0) is 17.2 Å². The molecule has 0 unspecified atom stereocenters. The van der Waals surface area contributed by atoms with E-state index in [1.165, 1.54) is 0 Å². The Hall–Kier alpha value is -1.50. The number of hydrogen-bond acceptors (Lipinski definition) is 4. The van der Waals surface area contributed by atoms with E-state index >= 15 is 4.39 Å². The smallest absolute Gasteiger partial charge is 0.147 e. The van der Waals surface area contributed by atoms with Gasteiger partial charge in [-0.1, -0.05) is 20.8 Å². The average molecular weight is 392 g/mol. The molecule has 1 aliphatic heterocycles. The van der Waals surface area contributed by atoms with Crippen LogP contribution in [0.2, 0.25) is 0 Å². The maximum atomic E-state index is 15.0. The fourth-order valence-electron chi connectivity index (χ4n) is 4.28. The third-order valence-corrected chi connectivity index (χ3v) is 5.57. The van der Waals surface area contributed by atoms with Gasteiger partial charge in [0.05, 0.1) is 36.6 Å². The van der Waals surface area contributed by atoms with Crippen molar-refractivity contribution < 1.29 is 14.2 Å². The number of fused-ring (bicyclic) bond motifs is 1. The fourth-order valence-corrected chi connectivity index (χ4v) is 4.28. The van der Waals surface area contributed by atoms with Gasteiger partial charge in [0.2, 0.25) is 0 Å². The van der Waals surface area contributed by atoms with Crippen molar-refractivity contribution in [2.24, 2.45) is 7.05 Å². The van der Waals surface area contributed by atoms with Gasteiger partial charge in [-0.2, -0.15) is 0 Å². The predicted octanol–water partition coefficient (Wildman–Crippen LogP) is 3.98. The molecule has 1 saturated heterocycles. The molecule has 0 aromatic carbocycles. The van der Waals surface area contributed by atoms with E-state index in [-0.39, 0.29) is 42.1 Å². The molecule has 2 aromatic heterocycles. The number of pyridine rings is 1. The highest BCUT2D eigenvalue weighted by molar-refractivity contribution is 5.78. The molecule has 0 radical (unpaired) electrons. The highest BCUT2D eigenvalue weighted by Crippen LogP contribution is 2.32. The van der Waals surface area contributed by atoms with Gasteiger partial charge in [-0.15, -0.1) is 0 Å². The van der Waals surface area contributed by atoms with Gasteiger partial charge in [-0.05, 0) is 45.2 Å². The standard InChI is InChI=1S/C22H34FN3O2/c1-13(2)28-18-9-7-8-16(24-17(18)12-27)20-15(23)10-14-11-19(22(3,4)5)26(6)21(14)25-20/h10-11,13,16-18,24,27H,7-9,12H2,1-6H3/t16-,17+,18-/m1/s1. The van der Waals surface area contributed by atoms with E-state index in [2.05, 4.69) is 30.7 Å². The second-order valence-electron chi connectivity index (χ2n) is 9.27. The minimum Gasteiger partial charge on any atom is -0.395 e. The lowest BCUT2D eigenvalue weighted by Crippen LogP contribution is -2.45. The van der Waals surface area contributed by atoms with Crippen LogP contribution in [0.15, 0.2) is 12.1 Å². The zero-order valence-electron chi connectivity index (χ0n) is 17.9. The van der Waals surface area contributed by atoms with Gasteiger partial charge >= 0.3 is 0 Å². The highest BCUT2D eigenvalue weighted by atomic mass is 19.1. The number of aliphatic hydroxyl groups excluding tert-OH is 1. The molecule has 2 aromatic rings. The number of halogens is 1.